The molecule has 0 saturated carbocycles. The number of nitrogens with zero attached hydrogens (tertiary/aromatic N) is 1. The first-order chi connectivity index (χ1) is 28.0. The first kappa shape index (κ1) is 56.2. The number of phosphoric acid groups is 1. The monoisotopic (exact) mass is 835 g/mol. The van der Waals surface area contributed by atoms with Crippen LogP contribution in [0.5, 0.6) is 0 Å². The summed E-state index contributed by atoms with van der Waals surface area (Å²) >= 11 is 0. The van der Waals surface area contributed by atoms with Gasteiger partial charge in [-0.1, -0.05) is 177 Å². The number of rotatable bonds is 42. The quantitative estimate of drug-likeness (QED) is 0.0274. The van der Waals surface area contributed by atoms with Crippen LogP contribution in [0.2, 0.25) is 0 Å². The zero-order valence-electron chi connectivity index (χ0n) is 38.2. The lowest BCUT2D eigenvalue weighted by Crippen LogP contribution is -2.45. The lowest BCUT2D eigenvalue weighted by atomic mass is 10.0. The van der Waals surface area contributed by atoms with Crippen LogP contribution in [0.15, 0.2) is 60.8 Å². The number of quaternary nitrogens is 1. The number of phosphoric ester groups is 1. The third-order valence-corrected chi connectivity index (χ3v) is 11.2. The molecule has 0 spiro atoms. The fourth-order valence-electron chi connectivity index (χ4n) is 6.52. The van der Waals surface area contributed by atoms with Crippen molar-refractivity contribution in [2.75, 3.05) is 40.9 Å². The summed E-state index contributed by atoms with van der Waals surface area (Å²) in [6, 6.07) is -0.910. The third kappa shape index (κ3) is 42.3. The molecule has 0 heterocycles. The molecule has 0 fully saturated rings. The molecular formula is C49H91N2O6P. The van der Waals surface area contributed by atoms with Crippen LogP contribution in [0.1, 0.15) is 194 Å². The summed E-state index contributed by atoms with van der Waals surface area (Å²) in [5, 5.41) is 13.7. The second-order valence-corrected chi connectivity index (χ2v) is 18.5. The van der Waals surface area contributed by atoms with E-state index in [4.69, 9.17) is 9.05 Å². The number of carbonyl (C=O) groups excluding carboxylic acids is 1. The average molecular weight is 835 g/mol. The van der Waals surface area contributed by atoms with Crippen LogP contribution in [0, 0.1) is 0 Å². The molecule has 0 radical (unpaired) electrons. The highest BCUT2D eigenvalue weighted by atomic mass is 31.2. The molecule has 0 aliphatic carbocycles. The van der Waals surface area contributed by atoms with Crippen LogP contribution in [0.4, 0.5) is 0 Å². The molecule has 2 N–H and O–H groups in total. The van der Waals surface area contributed by atoms with Crippen molar-refractivity contribution in [2.45, 2.75) is 206 Å². The van der Waals surface area contributed by atoms with Crippen LogP contribution < -0.4 is 10.2 Å². The van der Waals surface area contributed by atoms with E-state index in [-0.39, 0.29) is 12.5 Å². The Morgan fingerprint density at radius 2 is 1.09 bits per heavy atom. The van der Waals surface area contributed by atoms with Gasteiger partial charge >= 0.3 is 0 Å². The van der Waals surface area contributed by atoms with Gasteiger partial charge in [-0.15, -0.1) is 0 Å². The number of unbranched alkanes of at least 4 members (excludes halogenated alkanes) is 22. The molecule has 0 aromatic rings. The Hall–Kier alpha value is -1.80. The van der Waals surface area contributed by atoms with E-state index in [1.54, 1.807) is 6.08 Å². The van der Waals surface area contributed by atoms with Gasteiger partial charge in [-0.3, -0.25) is 9.36 Å². The van der Waals surface area contributed by atoms with E-state index in [2.05, 4.69) is 54.8 Å². The van der Waals surface area contributed by atoms with Gasteiger partial charge in [0, 0.05) is 6.42 Å². The van der Waals surface area contributed by atoms with E-state index in [1.807, 2.05) is 40.2 Å². The summed E-state index contributed by atoms with van der Waals surface area (Å²) < 4.78 is 23.1. The van der Waals surface area contributed by atoms with Gasteiger partial charge in [-0.05, 0) is 71.1 Å². The summed E-state index contributed by atoms with van der Waals surface area (Å²) in [7, 11) is 1.22. The highest BCUT2D eigenvalue weighted by molar-refractivity contribution is 7.45. The number of amides is 1. The van der Waals surface area contributed by atoms with Crippen LogP contribution in [0.25, 0.3) is 0 Å². The maximum Gasteiger partial charge on any atom is 0.268 e. The molecular weight excluding hydrogens is 744 g/mol. The number of likely N-dealkylation sites (N-methyl/N-ethyl adjacent to an activating group) is 1. The van der Waals surface area contributed by atoms with E-state index in [0.29, 0.717) is 17.4 Å². The van der Waals surface area contributed by atoms with Gasteiger partial charge in [0.25, 0.3) is 7.82 Å². The largest absolute Gasteiger partial charge is 0.756 e. The molecule has 0 aromatic carbocycles. The maximum atomic E-state index is 12.8. The van der Waals surface area contributed by atoms with Crippen molar-refractivity contribution >= 4 is 13.7 Å². The van der Waals surface area contributed by atoms with Crippen molar-refractivity contribution in [3.8, 4) is 0 Å². The summed E-state index contributed by atoms with van der Waals surface area (Å²) in [6.07, 6.45) is 53.2. The summed E-state index contributed by atoms with van der Waals surface area (Å²) in [4.78, 5) is 25.2. The Bertz CT molecular complexity index is 1130. The highest BCUT2D eigenvalue weighted by Gasteiger charge is 2.23. The lowest BCUT2D eigenvalue weighted by Gasteiger charge is -2.29. The van der Waals surface area contributed by atoms with Crippen molar-refractivity contribution < 1.29 is 32.9 Å². The van der Waals surface area contributed by atoms with Crippen LogP contribution >= 0.6 is 7.82 Å². The number of aliphatic hydroxyl groups excluding tert-OH is 1. The van der Waals surface area contributed by atoms with Crippen LogP contribution in [-0.4, -0.2) is 68.5 Å². The van der Waals surface area contributed by atoms with E-state index in [1.165, 1.54) is 122 Å². The Balaban J connectivity index is 4.14. The third-order valence-electron chi connectivity index (χ3n) is 10.3. The second kappa shape index (κ2) is 40.6. The zero-order valence-corrected chi connectivity index (χ0v) is 39.1. The lowest BCUT2D eigenvalue weighted by molar-refractivity contribution is -0.870. The predicted molar refractivity (Wildman–Crippen MR) is 247 cm³/mol. The van der Waals surface area contributed by atoms with Gasteiger partial charge in [0.2, 0.25) is 5.91 Å². The molecule has 0 aliphatic rings. The summed E-state index contributed by atoms with van der Waals surface area (Å²) in [5.41, 5.74) is 0. The minimum atomic E-state index is -4.60. The minimum absolute atomic E-state index is 0.0118. The fraction of sp³-hybridized carbons (Fsp3) is 0.776. The minimum Gasteiger partial charge on any atom is -0.756 e. The smallest absolute Gasteiger partial charge is 0.268 e. The molecule has 0 aliphatic heterocycles. The Morgan fingerprint density at radius 3 is 1.59 bits per heavy atom. The molecule has 8 nitrogen and oxygen atoms in total. The molecule has 9 heteroatoms. The number of hydrogen-bond donors (Lipinski definition) is 2. The summed E-state index contributed by atoms with van der Waals surface area (Å²) in [6.45, 7) is 4.37. The van der Waals surface area contributed by atoms with Gasteiger partial charge in [0.15, 0.2) is 0 Å². The normalized spacial score (nSPS) is 14.8. The molecule has 3 atom stereocenters. The van der Waals surface area contributed by atoms with Crippen molar-refractivity contribution in [1.82, 2.24) is 5.32 Å². The molecule has 0 saturated heterocycles. The number of hydrogen-bond acceptors (Lipinski definition) is 6. The maximum absolute atomic E-state index is 12.8. The standard InChI is InChI=1S/C49H91N2O6P/c1-6-8-10-12-14-16-17-18-19-20-21-22-23-24-25-26-27-28-29-30-31-32-33-35-37-39-41-43-49(53)50-47(46-57-58(54,55)56-45-44-51(3,4)5)48(52)42-40-38-36-34-15-13-11-9-7-2/h7,9,15,21-22,24-25,34,40,42,47-48,52H,6,8,10-14,16-20,23,26-33,35-39,41,43-46H2,1-5H3,(H-,50,53,54,55)/b9-7+,22-21-,25-24-,34-15+,42-40+. The second-order valence-electron chi connectivity index (χ2n) is 17.1. The van der Waals surface area contributed by atoms with E-state index in [0.717, 1.165) is 51.4 Å². The van der Waals surface area contributed by atoms with Gasteiger partial charge < -0.3 is 28.8 Å². The number of carbonyl (C=O) groups is 1. The molecule has 0 rings (SSSR count). The van der Waals surface area contributed by atoms with Gasteiger partial charge in [0.05, 0.1) is 39.9 Å². The fourth-order valence-corrected chi connectivity index (χ4v) is 7.24. The van der Waals surface area contributed by atoms with Gasteiger partial charge in [-0.2, -0.15) is 0 Å². The van der Waals surface area contributed by atoms with Gasteiger partial charge in [0.1, 0.15) is 13.2 Å². The molecule has 58 heavy (non-hydrogen) atoms. The van der Waals surface area contributed by atoms with Crippen LogP contribution in [0.3, 0.4) is 0 Å². The molecule has 3 unspecified atom stereocenters. The number of aliphatic hydroxyl groups is 1. The van der Waals surface area contributed by atoms with Crippen LogP contribution in [-0.2, 0) is 18.4 Å². The van der Waals surface area contributed by atoms with Gasteiger partial charge in [-0.25, -0.2) is 0 Å². The first-order valence-electron chi connectivity index (χ1n) is 23.6. The van der Waals surface area contributed by atoms with E-state index >= 15 is 0 Å². The summed E-state index contributed by atoms with van der Waals surface area (Å²) in [5.74, 6) is -0.219. The van der Waals surface area contributed by atoms with E-state index < -0.39 is 26.6 Å². The topological polar surface area (TPSA) is 108 Å². The highest BCUT2D eigenvalue weighted by Crippen LogP contribution is 2.38. The average Bonchev–Trinajstić information content (AvgIpc) is 3.17. The molecule has 1 amide bonds. The molecule has 0 aromatic heterocycles. The Morgan fingerprint density at radius 1 is 0.638 bits per heavy atom. The number of nitrogens with one attached hydrogen (secondary N) is 1. The number of allylic oxidation sites excluding steroid dienone is 9. The van der Waals surface area contributed by atoms with Crippen molar-refractivity contribution in [3.05, 3.63) is 60.8 Å². The molecule has 0 bridgehead atoms. The Kier molecular flexibility index (Phi) is 39.3. The zero-order chi connectivity index (χ0) is 42.8. The van der Waals surface area contributed by atoms with Crippen molar-refractivity contribution in [3.63, 3.8) is 0 Å². The van der Waals surface area contributed by atoms with E-state index in [9.17, 15) is 19.4 Å². The molecule has 338 valence electrons. The first-order valence-corrected chi connectivity index (χ1v) is 25.1. The predicted octanol–water partition coefficient (Wildman–Crippen LogP) is 12.8. The Labute approximate surface area is 358 Å². The van der Waals surface area contributed by atoms with Crippen molar-refractivity contribution in [2.24, 2.45) is 0 Å². The van der Waals surface area contributed by atoms with Crippen molar-refractivity contribution in [1.29, 1.82) is 0 Å². The SMILES string of the molecule is C/C=C/CC/C=C/CC/C=C/C(O)C(COP(=O)([O-])OCC[N+](C)(C)C)NC(=O)CCCCCCCCCCCCC/C=C\C/C=C\CCCCCCCCCCC.